The van der Waals surface area contributed by atoms with Crippen LogP contribution in [0.5, 0.6) is 11.5 Å². The highest BCUT2D eigenvalue weighted by atomic mass is 16.7. The molecule has 0 radical (unpaired) electrons. The maximum atomic E-state index is 13.4. The highest BCUT2D eigenvalue weighted by Gasteiger charge is 2.54. The summed E-state index contributed by atoms with van der Waals surface area (Å²) >= 11 is 0. The van der Waals surface area contributed by atoms with Gasteiger partial charge in [0.2, 0.25) is 5.91 Å². The van der Waals surface area contributed by atoms with Gasteiger partial charge in [-0.15, -0.1) is 0 Å². The maximum Gasteiger partial charge on any atom is 0.308 e. The molecule has 1 aromatic carbocycles. The number of rotatable bonds is 20. The zero-order valence-electron chi connectivity index (χ0n) is 51.1. The highest BCUT2D eigenvalue weighted by molar-refractivity contribution is 5.94. The van der Waals surface area contributed by atoms with Crippen molar-refractivity contribution in [2.24, 2.45) is 11.8 Å². The quantitative estimate of drug-likeness (QED) is 0.0662. The van der Waals surface area contributed by atoms with Gasteiger partial charge in [0, 0.05) is 66.0 Å². The zero-order chi connectivity index (χ0) is 62.2. The molecule has 3 fully saturated rings. The molecule has 24 heteroatoms. The largest absolute Gasteiger partial charge is 0.462 e. The van der Waals surface area contributed by atoms with E-state index in [1.165, 1.54) is 46.1 Å². The van der Waals surface area contributed by atoms with Crippen molar-refractivity contribution in [3.05, 3.63) is 42.5 Å². The number of nitrogens with zero attached hydrogens (tertiary/aromatic N) is 2. The van der Waals surface area contributed by atoms with Gasteiger partial charge in [0.1, 0.15) is 30.2 Å². The third-order valence-corrected chi connectivity index (χ3v) is 15.4. The smallest absolute Gasteiger partial charge is 0.308 e. The first kappa shape index (κ1) is 69.5. The van der Waals surface area contributed by atoms with Crippen molar-refractivity contribution in [2.45, 2.75) is 230 Å². The van der Waals surface area contributed by atoms with Crippen molar-refractivity contribution in [3.63, 3.8) is 0 Å². The lowest BCUT2D eigenvalue weighted by atomic mass is 9.82. The van der Waals surface area contributed by atoms with E-state index in [1.807, 2.05) is 52.2 Å². The molecule has 4 aliphatic heterocycles. The number of aliphatic hydroxyl groups excluding tert-OH is 1. The fourth-order valence-corrected chi connectivity index (χ4v) is 11.5. The molecule has 4 heterocycles. The van der Waals surface area contributed by atoms with Crippen molar-refractivity contribution in [1.29, 1.82) is 0 Å². The minimum Gasteiger partial charge on any atom is -0.462 e. The molecule has 0 saturated carbocycles. The van der Waals surface area contributed by atoms with Gasteiger partial charge >= 0.3 is 29.8 Å². The van der Waals surface area contributed by atoms with Crippen molar-refractivity contribution in [1.82, 2.24) is 9.80 Å². The lowest BCUT2D eigenvalue weighted by Gasteiger charge is -2.51. The van der Waals surface area contributed by atoms with E-state index in [9.17, 15) is 43.8 Å². The van der Waals surface area contributed by atoms with Crippen molar-refractivity contribution in [3.8, 4) is 11.5 Å². The number of ether oxygens (including phenoxy) is 12. The molecule has 472 valence electrons. The average molecular weight is 1190 g/mol. The Morgan fingerprint density at radius 1 is 0.798 bits per heavy atom. The number of aliphatic hydroxyl groups is 2. The predicted molar refractivity (Wildman–Crippen MR) is 302 cm³/mol. The standard InChI is InChI=1S/C60H91N3O21/c1-33-30-41(28-29-64)54(56(73-14)44(68)31-49(71)74-34(2)20-16-15-17-22-45(33)81-50-27-26-43(62(10)11)35(3)75-50)84-59-57(80-40(8)67)52(63(12)13)53(36(4)77-59)83-51-32-60(9,72)58(37(5)76-51)82-48(70)25-19-24-47(69)61-42-21-18-23-46(78-38(6)65)55(42)79-39(7)66/h15-18,21-23,29,33-37,41,43-45,50-54,56-59,68,72H,19-20,24-28,30-32H2,1-14H3,(H,61,69)/b16-15+,22-17+/t33-,34-,35-,36-,37+,41+,43+,44-,45+,50+,51+,52+,53-,54+,56?,57-,58+,59+,60-/m1/s1. The molecule has 1 aromatic rings. The van der Waals surface area contributed by atoms with E-state index >= 15 is 0 Å². The molecule has 24 nitrogen and oxygen atoms in total. The Hall–Kier alpha value is -5.25. The summed E-state index contributed by atoms with van der Waals surface area (Å²) in [5.41, 5.74) is -1.65. The molecular weight excluding hydrogens is 1100 g/mol. The van der Waals surface area contributed by atoms with E-state index in [0.717, 1.165) is 19.6 Å². The molecule has 0 spiro atoms. The second kappa shape index (κ2) is 32.5. The van der Waals surface area contributed by atoms with Crippen LogP contribution in [-0.4, -0.2) is 201 Å². The third-order valence-electron chi connectivity index (χ3n) is 15.4. The van der Waals surface area contributed by atoms with Gasteiger partial charge in [-0.3, -0.25) is 28.8 Å². The lowest BCUT2D eigenvalue weighted by molar-refractivity contribution is -0.345. The van der Waals surface area contributed by atoms with Crippen LogP contribution in [0.15, 0.2) is 42.5 Å². The number of benzene rings is 1. The van der Waals surface area contributed by atoms with Gasteiger partial charge in [0.15, 0.2) is 42.6 Å². The van der Waals surface area contributed by atoms with Gasteiger partial charge in [-0.05, 0) is 112 Å². The van der Waals surface area contributed by atoms with Gasteiger partial charge in [0.05, 0.1) is 54.8 Å². The summed E-state index contributed by atoms with van der Waals surface area (Å²) in [5, 5.41) is 26.5. The van der Waals surface area contributed by atoms with Crippen LogP contribution in [0, 0.1) is 11.8 Å². The van der Waals surface area contributed by atoms with Gasteiger partial charge in [-0.25, -0.2) is 0 Å². The summed E-state index contributed by atoms with van der Waals surface area (Å²) in [6.07, 6.45) is -4.06. The lowest BCUT2D eigenvalue weighted by Crippen LogP contribution is -2.66. The normalized spacial score (nSPS) is 35.2. The molecule has 19 atom stereocenters. The van der Waals surface area contributed by atoms with E-state index in [2.05, 4.69) is 10.2 Å². The number of cyclic esters (lactones) is 1. The first-order valence-corrected chi connectivity index (χ1v) is 28.9. The zero-order valence-corrected chi connectivity index (χ0v) is 51.1. The number of methoxy groups -OCH3 is 1. The number of carbonyl (C=O) groups is 7. The highest BCUT2D eigenvalue weighted by Crippen LogP contribution is 2.40. The van der Waals surface area contributed by atoms with Gasteiger partial charge in [-0.1, -0.05) is 37.3 Å². The summed E-state index contributed by atoms with van der Waals surface area (Å²) < 4.78 is 73.6. The van der Waals surface area contributed by atoms with Gasteiger partial charge in [-0.2, -0.15) is 0 Å². The monoisotopic (exact) mass is 1190 g/mol. The van der Waals surface area contributed by atoms with Crippen molar-refractivity contribution < 1.29 is 101 Å². The van der Waals surface area contributed by atoms with E-state index in [4.69, 9.17) is 56.8 Å². The van der Waals surface area contributed by atoms with Crippen LogP contribution in [0.2, 0.25) is 0 Å². The fraction of sp³-hybridized carbons (Fsp3) is 0.717. The molecule has 3 saturated heterocycles. The van der Waals surface area contributed by atoms with E-state index in [1.54, 1.807) is 39.8 Å². The fourth-order valence-electron chi connectivity index (χ4n) is 11.5. The molecule has 3 N–H and O–H groups in total. The number of hydrogen-bond acceptors (Lipinski definition) is 23. The van der Waals surface area contributed by atoms with Crippen LogP contribution in [0.25, 0.3) is 0 Å². The summed E-state index contributed by atoms with van der Waals surface area (Å²) in [7, 11) is 8.89. The number of likely N-dealkylation sites (N-methyl/N-ethyl adjacent to an activating group) is 2. The Balaban J connectivity index is 1.34. The topological polar surface area (TPSA) is 289 Å². The average Bonchev–Trinajstić information content (AvgIpc) is 1.70. The molecule has 1 unspecified atom stereocenters. The molecular formula is C60H91N3O21. The van der Waals surface area contributed by atoms with Crippen LogP contribution < -0.4 is 14.8 Å². The van der Waals surface area contributed by atoms with Crippen LogP contribution in [0.1, 0.15) is 127 Å². The number of para-hydroxylation sites is 1. The van der Waals surface area contributed by atoms with Gasteiger partial charge in [0.25, 0.3) is 0 Å². The number of nitrogens with one attached hydrogen (secondary N) is 1. The Kier molecular flexibility index (Phi) is 26.9. The number of esters is 5. The summed E-state index contributed by atoms with van der Waals surface area (Å²) in [6.45, 7) is 14.1. The summed E-state index contributed by atoms with van der Waals surface area (Å²) in [4.78, 5) is 92.9. The Labute approximate surface area is 493 Å². The molecule has 0 bridgehead atoms. The number of aldehydes is 1. The predicted octanol–water partition coefficient (Wildman–Crippen LogP) is 5.11. The molecule has 0 aliphatic carbocycles. The summed E-state index contributed by atoms with van der Waals surface area (Å²) in [6, 6.07) is 3.71. The van der Waals surface area contributed by atoms with Crippen LogP contribution in [0.3, 0.4) is 0 Å². The molecule has 5 rings (SSSR count). The van der Waals surface area contributed by atoms with E-state index < -0.39 is 140 Å². The number of hydrogen-bond donors (Lipinski definition) is 3. The molecule has 84 heavy (non-hydrogen) atoms. The first-order valence-electron chi connectivity index (χ1n) is 28.9. The number of allylic oxidation sites excluding steroid dienone is 2. The van der Waals surface area contributed by atoms with Crippen molar-refractivity contribution in [2.75, 3.05) is 40.6 Å². The Morgan fingerprint density at radius 3 is 2.12 bits per heavy atom. The minimum atomic E-state index is -1.72. The Bertz CT molecular complexity index is 2420. The second-order valence-corrected chi connectivity index (χ2v) is 23.1. The van der Waals surface area contributed by atoms with Crippen LogP contribution >= 0.6 is 0 Å². The third kappa shape index (κ3) is 20.2. The van der Waals surface area contributed by atoms with Gasteiger partial charge < -0.3 is 87.0 Å². The number of carbonyl (C=O) groups excluding carboxylic acids is 7. The molecule has 4 aliphatic rings. The van der Waals surface area contributed by atoms with Crippen molar-refractivity contribution >= 4 is 47.7 Å². The first-order chi connectivity index (χ1) is 39.6. The maximum absolute atomic E-state index is 13.4. The summed E-state index contributed by atoms with van der Waals surface area (Å²) in [5.74, 6) is -5.29. The van der Waals surface area contributed by atoms with E-state index in [0.29, 0.717) is 12.8 Å². The van der Waals surface area contributed by atoms with Crippen LogP contribution in [0.4, 0.5) is 5.69 Å². The number of amides is 1. The second-order valence-electron chi connectivity index (χ2n) is 23.1. The molecule has 0 aromatic heterocycles. The molecule has 1 amide bonds. The van der Waals surface area contributed by atoms with E-state index in [-0.39, 0.29) is 73.8 Å². The SMILES string of the molecule is COC1[C@H](O)CC(=O)O[C@H](C)C/C=C/C=C/[C@H](O[C@H]2CC[C@H](N(C)C)[C@@H](C)O2)[C@H](C)C[C@H](CC=O)[C@@H]1O[C@@H]1O[C@H](C)[C@@H](O[C@H]2C[C@@](C)(O)[C@@H](OC(=O)CCCC(=O)Nc3cccc(OC(C)=O)c3OC(C)=O)[C@H](C)O2)[C@H](N(C)C)[C@H]1OC(C)=O. The van der Waals surface area contributed by atoms with Crippen LogP contribution in [-0.2, 0) is 80.9 Å². The minimum absolute atomic E-state index is 0.0315. The number of anilines is 1. The Morgan fingerprint density at radius 2 is 1.50 bits per heavy atom.